The molecule has 8 aromatic rings. The highest BCUT2D eigenvalue weighted by molar-refractivity contribution is 6.12. The van der Waals surface area contributed by atoms with E-state index in [1.165, 1.54) is 11.1 Å². The van der Waals surface area contributed by atoms with Crippen LogP contribution in [-0.4, -0.2) is 11.7 Å². The maximum Gasteiger partial charge on any atom is 0.157 e. The van der Waals surface area contributed by atoms with Crippen molar-refractivity contribution < 1.29 is 4.42 Å². The van der Waals surface area contributed by atoms with Crippen LogP contribution in [0.2, 0.25) is 0 Å². The molecule has 0 fully saturated rings. The summed E-state index contributed by atoms with van der Waals surface area (Å²) in [6, 6.07) is 56.1. The first-order valence-electron chi connectivity index (χ1n) is 15.7. The van der Waals surface area contributed by atoms with Gasteiger partial charge in [-0.2, -0.15) is 0 Å². The van der Waals surface area contributed by atoms with E-state index in [-0.39, 0.29) is 0 Å². The zero-order valence-corrected chi connectivity index (χ0v) is 25.7. The van der Waals surface area contributed by atoms with E-state index in [2.05, 4.69) is 109 Å². The molecule has 0 amide bonds. The average Bonchev–Trinajstić information content (AvgIpc) is 3.53. The largest absolute Gasteiger partial charge is 0.456 e. The number of furan rings is 1. The van der Waals surface area contributed by atoms with Gasteiger partial charge in [0, 0.05) is 21.9 Å². The Balaban J connectivity index is 1.18. The Morgan fingerprint density at radius 3 is 1.98 bits per heavy atom. The van der Waals surface area contributed by atoms with Gasteiger partial charge < -0.3 is 10.2 Å². The quantitative estimate of drug-likeness (QED) is 0.151. The number of nitrogens with zero attached hydrogens (tertiary/aromatic N) is 2. The predicted octanol–water partition coefficient (Wildman–Crippen LogP) is 10.4. The van der Waals surface area contributed by atoms with Crippen LogP contribution < -0.4 is 5.73 Å². The van der Waals surface area contributed by atoms with Crippen molar-refractivity contribution in [2.24, 2.45) is 15.7 Å². The van der Waals surface area contributed by atoms with E-state index >= 15 is 0 Å². The van der Waals surface area contributed by atoms with E-state index < -0.39 is 0 Å². The second-order valence-electron chi connectivity index (χ2n) is 11.6. The van der Waals surface area contributed by atoms with Crippen molar-refractivity contribution >= 4 is 44.4 Å². The van der Waals surface area contributed by atoms with Gasteiger partial charge in [0.1, 0.15) is 17.0 Å². The predicted molar refractivity (Wildman–Crippen MR) is 196 cm³/mol. The summed E-state index contributed by atoms with van der Waals surface area (Å²) in [7, 11) is 0. The molecule has 0 bridgehead atoms. The van der Waals surface area contributed by atoms with Crippen molar-refractivity contribution in [3.63, 3.8) is 0 Å². The Bertz CT molecular complexity index is 2440. The van der Waals surface area contributed by atoms with Gasteiger partial charge in [0.2, 0.25) is 0 Å². The minimum Gasteiger partial charge on any atom is -0.456 e. The van der Waals surface area contributed by atoms with E-state index in [0.29, 0.717) is 18.2 Å². The van der Waals surface area contributed by atoms with Crippen LogP contribution in [0.5, 0.6) is 0 Å². The van der Waals surface area contributed by atoms with Crippen LogP contribution in [0.3, 0.4) is 0 Å². The van der Waals surface area contributed by atoms with Crippen molar-refractivity contribution in [3.05, 3.63) is 180 Å². The lowest BCUT2D eigenvalue weighted by Gasteiger charge is -2.09. The molecule has 7 aromatic carbocycles. The van der Waals surface area contributed by atoms with Crippen LogP contribution in [-0.2, 0) is 6.54 Å². The fourth-order valence-electron chi connectivity index (χ4n) is 6.18. The lowest BCUT2D eigenvalue weighted by molar-refractivity contribution is 0.668. The molecule has 0 aliphatic heterocycles. The molecule has 4 nitrogen and oxygen atoms in total. The SMILES string of the molecule is NC(=NC(=NCc1cccc2oc3ccccc3c12)c1ccc(-c2cccc(-c3ccccc3)c2)cc1)c1ccc2ccccc2c1. The summed E-state index contributed by atoms with van der Waals surface area (Å²) in [6.07, 6.45) is 0. The highest BCUT2D eigenvalue weighted by Crippen LogP contribution is 2.32. The molecule has 0 aliphatic rings. The Morgan fingerprint density at radius 2 is 1.15 bits per heavy atom. The minimum absolute atomic E-state index is 0.418. The van der Waals surface area contributed by atoms with E-state index in [1.54, 1.807) is 0 Å². The number of amidine groups is 2. The van der Waals surface area contributed by atoms with Crippen LogP contribution in [0.1, 0.15) is 16.7 Å². The Morgan fingerprint density at radius 1 is 0.511 bits per heavy atom. The average molecular weight is 606 g/mol. The van der Waals surface area contributed by atoms with Crippen LogP contribution in [0.15, 0.2) is 178 Å². The molecule has 1 heterocycles. The van der Waals surface area contributed by atoms with Gasteiger partial charge in [0.05, 0.1) is 6.54 Å². The fourth-order valence-corrected chi connectivity index (χ4v) is 6.18. The van der Waals surface area contributed by atoms with Gasteiger partial charge in [-0.05, 0) is 62.9 Å². The van der Waals surface area contributed by atoms with Gasteiger partial charge in [-0.15, -0.1) is 0 Å². The molecule has 0 saturated carbocycles. The van der Waals surface area contributed by atoms with Gasteiger partial charge in [0.15, 0.2) is 5.84 Å². The van der Waals surface area contributed by atoms with Crippen LogP contribution in [0.4, 0.5) is 0 Å². The van der Waals surface area contributed by atoms with E-state index in [9.17, 15) is 0 Å². The number of aliphatic imine (C=N–C) groups is 2. The Labute approximate surface area is 273 Å². The molecule has 2 N–H and O–H groups in total. The third-order valence-electron chi connectivity index (χ3n) is 8.61. The van der Waals surface area contributed by atoms with Crippen LogP contribution in [0, 0.1) is 0 Å². The number of fused-ring (bicyclic) bond motifs is 4. The first-order chi connectivity index (χ1) is 23.2. The zero-order valence-electron chi connectivity index (χ0n) is 25.7. The number of rotatable bonds is 6. The second kappa shape index (κ2) is 12.3. The number of nitrogens with two attached hydrogens (primary N) is 1. The van der Waals surface area contributed by atoms with Crippen LogP contribution in [0.25, 0.3) is 55.0 Å². The minimum atomic E-state index is 0.418. The molecule has 4 heteroatoms. The fraction of sp³-hybridized carbons (Fsp3) is 0.0233. The van der Waals surface area contributed by atoms with Crippen molar-refractivity contribution in [3.8, 4) is 22.3 Å². The lowest BCUT2D eigenvalue weighted by Crippen LogP contribution is -2.16. The summed E-state index contributed by atoms with van der Waals surface area (Å²) in [5.74, 6) is 0.992. The van der Waals surface area contributed by atoms with E-state index in [4.69, 9.17) is 20.1 Å². The topological polar surface area (TPSA) is 63.9 Å². The highest BCUT2D eigenvalue weighted by atomic mass is 16.3. The van der Waals surface area contributed by atoms with Crippen molar-refractivity contribution in [1.29, 1.82) is 0 Å². The first kappa shape index (κ1) is 28.2. The number of benzene rings is 7. The summed E-state index contributed by atoms with van der Waals surface area (Å²) in [6.45, 7) is 0.422. The summed E-state index contributed by atoms with van der Waals surface area (Å²) < 4.78 is 6.14. The van der Waals surface area contributed by atoms with E-state index in [0.717, 1.165) is 60.5 Å². The molecule has 224 valence electrons. The summed E-state index contributed by atoms with van der Waals surface area (Å²) in [5.41, 5.74) is 15.9. The third kappa shape index (κ3) is 5.69. The van der Waals surface area contributed by atoms with Crippen molar-refractivity contribution in [1.82, 2.24) is 0 Å². The molecule has 1 aromatic heterocycles. The van der Waals surface area contributed by atoms with Gasteiger partial charge in [-0.3, -0.25) is 4.99 Å². The lowest BCUT2D eigenvalue weighted by atomic mass is 9.98. The molecular weight excluding hydrogens is 574 g/mol. The van der Waals surface area contributed by atoms with Crippen molar-refractivity contribution in [2.75, 3.05) is 0 Å². The van der Waals surface area contributed by atoms with Gasteiger partial charge >= 0.3 is 0 Å². The number of hydrogen-bond acceptors (Lipinski definition) is 2. The van der Waals surface area contributed by atoms with Gasteiger partial charge in [0.25, 0.3) is 0 Å². The smallest absolute Gasteiger partial charge is 0.157 e. The third-order valence-corrected chi connectivity index (χ3v) is 8.61. The monoisotopic (exact) mass is 605 g/mol. The van der Waals surface area contributed by atoms with Gasteiger partial charge in [-0.25, -0.2) is 4.99 Å². The second-order valence-corrected chi connectivity index (χ2v) is 11.6. The highest BCUT2D eigenvalue weighted by Gasteiger charge is 2.12. The standard InChI is InChI=1S/C43H31N3O/c44-42(36-25-22-30-12-4-5-13-33(30)27-36)46-43(45-28-37-16-9-19-40-41(37)38-17-6-7-18-39(38)47-40)32-23-20-31(21-24-32)35-15-8-14-34(26-35)29-10-2-1-3-11-29/h1-27H,28H2,(H2,44,45,46). The zero-order chi connectivity index (χ0) is 31.6. The summed E-state index contributed by atoms with van der Waals surface area (Å²) >= 11 is 0. The summed E-state index contributed by atoms with van der Waals surface area (Å²) in [5, 5.41) is 4.43. The van der Waals surface area contributed by atoms with E-state index in [1.807, 2.05) is 54.6 Å². The Kier molecular flexibility index (Phi) is 7.37. The van der Waals surface area contributed by atoms with Crippen molar-refractivity contribution in [2.45, 2.75) is 6.54 Å². The number of hydrogen-bond donors (Lipinski definition) is 1. The maximum absolute atomic E-state index is 6.69. The molecule has 0 aliphatic carbocycles. The Hall–Kier alpha value is -6.26. The number of para-hydroxylation sites is 1. The summed E-state index contributed by atoms with van der Waals surface area (Å²) in [4.78, 5) is 10.0. The molecule has 0 radical (unpaired) electrons. The molecule has 47 heavy (non-hydrogen) atoms. The molecule has 8 rings (SSSR count). The normalized spacial score (nSPS) is 12.3. The molecule has 0 atom stereocenters. The molecular formula is C43H31N3O. The first-order valence-corrected chi connectivity index (χ1v) is 15.7. The molecule has 0 unspecified atom stereocenters. The maximum atomic E-state index is 6.69. The molecule has 0 saturated heterocycles. The molecule has 0 spiro atoms. The van der Waals surface area contributed by atoms with Gasteiger partial charge in [-0.1, -0.05) is 140 Å². The van der Waals surface area contributed by atoms with Crippen LogP contribution >= 0.6 is 0 Å².